The van der Waals surface area contributed by atoms with Crippen LogP contribution in [0, 0.1) is 3.57 Å². The van der Waals surface area contributed by atoms with Gasteiger partial charge in [-0.3, -0.25) is 14.5 Å². The number of rotatable bonds is 6. The summed E-state index contributed by atoms with van der Waals surface area (Å²) >= 11 is 3.08. The van der Waals surface area contributed by atoms with Gasteiger partial charge in [-0.1, -0.05) is 12.7 Å². The number of thioether (sulfide) groups is 1. The van der Waals surface area contributed by atoms with E-state index >= 15 is 0 Å². The summed E-state index contributed by atoms with van der Waals surface area (Å²) in [4.78, 5) is 25.0. The van der Waals surface area contributed by atoms with Gasteiger partial charge in [0, 0.05) is 7.05 Å². The molecule has 5 nitrogen and oxygen atoms in total. The van der Waals surface area contributed by atoms with Crippen LogP contribution in [-0.4, -0.2) is 36.3 Å². The van der Waals surface area contributed by atoms with E-state index in [0.717, 1.165) is 25.8 Å². The van der Waals surface area contributed by atoms with Gasteiger partial charge in [0.2, 0.25) is 0 Å². The zero-order valence-corrected chi connectivity index (χ0v) is 15.8. The van der Waals surface area contributed by atoms with Crippen LogP contribution in [0.2, 0.25) is 0 Å². The lowest BCUT2D eigenvalue weighted by Crippen LogP contribution is -2.22. The summed E-state index contributed by atoms with van der Waals surface area (Å²) < 4.78 is 12.1. The van der Waals surface area contributed by atoms with E-state index in [-0.39, 0.29) is 11.1 Å². The highest BCUT2D eigenvalue weighted by Gasteiger charge is 2.31. The van der Waals surface area contributed by atoms with Crippen molar-refractivity contribution in [1.29, 1.82) is 0 Å². The Morgan fingerprint density at radius 1 is 1.35 bits per heavy atom. The third-order valence-electron chi connectivity index (χ3n) is 2.96. The van der Waals surface area contributed by atoms with Crippen molar-refractivity contribution in [3.63, 3.8) is 0 Å². The van der Waals surface area contributed by atoms with Gasteiger partial charge in [-0.05, 0) is 65.0 Å². The fourth-order valence-corrected chi connectivity index (χ4v) is 3.52. The van der Waals surface area contributed by atoms with Crippen LogP contribution >= 0.6 is 34.4 Å². The lowest BCUT2D eigenvalue weighted by atomic mass is 10.2. The van der Waals surface area contributed by atoms with E-state index in [1.165, 1.54) is 7.05 Å². The first-order chi connectivity index (χ1) is 11.0. The number of carbonyl (C=O) groups is 2. The normalized spacial score (nSPS) is 16.1. The Labute approximate surface area is 152 Å². The van der Waals surface area contributed by atoms with Crippen LogP contribution in [0.4, 0.5) is 4.79 Å². The third-order valence-corrected chi connectivity index (χ3v) is 4.72. The van der Waals surface area contributed by atoms with E-state index in [1.807, 2.05) is 13.0 Å². The third kappa shape index (κ3) is 4.08. The Morgan fingerprint density at radius 2 is 2.09 bits per heavy atom. The van der Waals surface area contributed by atoms with Gasteiger partial charge in [-0.25, -0.2) is 0 Å². The molecule has 0 spiro atoms. The minimum absolute atomic E-state index is 0.271. The second kappa shape index (κ2) is 7.87. The molecule has 1 saturated heterocycles. The van der Waals surface area contributed by atoms with E-state index in [9.17, 15) is 9.59 Å². The van der Waals surface area contributed by atoms with E-state index in [0.29, 0.717) is 29.6 Å². The predicted molar refractivity (Wildman–Crippen MR) is 99.8 cm³/mol. The van der Waals surface area contributed by atoms with Gasteiger partial charge in [0.25, 0.3) is 11.1 Å². The number of hydrogen-bond acceptors (Lipinski definition) is 5. The first kappa shape index (κ1) is 17.9. The van der Waals surface area contributed by atoms with Crippen molar-refractivity contribution in [3.8, 4) is 11.5 Å². The van der Waals surface area contributed by atoms with E-state index in [4.69, 9.17) is 9.47 Å². The summed E-state index contributed by atoms with van der Waals surface area (Å²) in [5.41, 5.74) is 0.780. The highest BCUT2D eigenvalue weighted by molar-refractivity contribution is 14.1. The van der Waals surface area contributed by atoms with Gasteiger partial charge in [0.1, 0.15) is 6.61 Å². The highest BCUT2D eigenvalue weighted by Crippen LogP contribution is 2.37. The van der Waals surface area contributed by atoms with Crippen molar-refractivity contribution in [2.45, 2.75) is 6.92 Å². The molecule has 7 heteroatoms. The van der Waals surface area contributed by atoms with Crippen LogP contribution in [0.3, 0.4) is 0 Å². The molecule has 122 valence electrons. The monoisotopic (exact) mass is 445 g/mol. The molecule has 1 heterocycles. The van der Waals surface area contributed by atoms with Crippen molar-refractivity contribution in [3.05, 3.63) is 38.8 Å². The summed E-state index contributed by atoms with van der Waals surface area (Å²) in [5.74, 6) is 0.955. The van der Waals surface area contributed by atoms with Crippen molar-refractivity contribution < 1.29 is 19.1 Å². The molecule has 0 atom stereocenters. The Balaban J connectivity index is 2.39. The number of hydrogen-bond donors (Lipinski definition) is 0. The Kier molecular flexibility index (Phi) is 6.11. The summed E-state index contributed by atoms with van der Waals surface area (Å²) in [6.07, 6.45) is 3.35. The summed E-state index contributed by atoms with van der Waals surface area (Å²) in [5, 5.41) is -0.271. The molecule has 1 aliphatic rings. The van der Waals surface area contributed by atoms with Gasteiger partial charge in [0.15, 0.2) is 11.5 Å². The number of amides is 2. The molecule has 0 unspecified atom stereocenters. The Hall–Kier alpha value is -1.48. The first-order valence-electron chi connectivity index (χ1n) is 6.89. The second-order valence-electron chi connectivity index (χ2n) is 4.60. The average Bonchev–Trinajstić information content (AvgIpc) is 2.74. The topological polar surface area (TPSA) is 55.8 Å². The molecule has 23 heavy (non-hydrogen) atoms. The lowest BCUT2D eigenvalue weighted by molar-refractivity contribution is -0.121. The van der Waals surface area contributed by atoms with Crippen molar-refractivity contribution in [1.82, 2.24) is 4.90 Å². The molecule has 1 aromatic rings. The molecule has 0 aromatic heterocycles. The standard InChI is InChI=1S/C16H16INO4S/c1-4-6-22-14-11(17)7-10(8-12(14)21-5-2)9-13-15(19)18(3)16(20)23-13/h4,7-9H,1,5-6H2,2-3H3. The average molecular weight is 445 g/mol. The van der Waals surface area contributed by atoms with Gasteiger partial charge in [0.05, 0.1) is 15.1 Å². The zero-order valence-electron chi connectivity index (χ0n) is 12.8. The fourth-order valence-electron chi connectivity index (χ4n) is 1.91. The minimum Gasteiger partial charge on any atom is -0.490 e. The smallest absolute Gasteiger partial charge is 0.293 e. The summed E-state index contributed by atoms with van der Waals surface area (Å²) in [7, 11) is 1.47. The highest BCUT2D eigenvalue weighted by atomic mass is 127. The molecule has 0 aliphatic carbocycles. The number of imide groups is 1. The molecule has 2 rings (SSSR count). The van der Waals surface area contributed by atoms with Crippen molar-refractivity contribution in [2.75, 3.05) is 20.3 Å². The quantitative estimate of drug-likeness (QED) is 0.378. The van der Waals surface area contributed by atoms with E-state index in [1.54, 1.807) is 18.2 Å². The molecular weight excluding hydrogens is 429 g/mol. The van der Waals surface area contributed by atoms with Crippen molar-refractivity contribution in [2.24, 2.45) is 0 Å². The molecule has 1 aromatic carbocycles. The van der Waals surface area contributed by atoms with Crippen LogP contribution in [0.1, 0.15) is 12.5 Å². The van der Waals surface area contributed by atoms with Crippen LogP contribution < -0.4 is 9.47 Å². The molecule has 0 saturated carbocycles. The maximum Gasteiger partial charge on any atom is 0.293 e. The maximum absolute atomic E-state index is 12.0. The molecule has 0 N–H and O–H groups in total. The van der Waals surface area contributed by atoms with Gasteiger partial charge in [-0.15, -0.1) is 0 Å². The number of halogens is 1. The van der Waals surface area contributed by atoms with E-state index < -0.39 is 0 Å². The van der Waals surface area contributed by atoms with Gasteiger partial charge in [-0.2, -0.15) is 0 Å². The van der Waals surface area contributed by atoms with Gasteiger partial charge < -0.3 is 9.47 Å². The predicted octanol–water partition coefficient (Wildman–Crippen LogP) is 3.92. The lowest BCUT2D eigenvalue weighted by Gasteiger charge is -2.13. The Bertz CT molecular complexity index is 687. The molecular formula is C16H16INO4S. The van der Waals surface area contributed by atoms with Crippen LogP contribution in [0.5, 0.6) is 11.5 Å². The molecule has 0 radical (unpaired) electrons. The second-order valence-corrected chi connectivity index (χ2v) is 6.76. The maximum atomic E-state index is 12.0. The van der Waals surface area contributed by atoms with Crippen LogP contribution in [0.15, 0.2) is 29.7 Å². The fraction of sp³-hybridized carbons (Fsp3) is 0.250. The zero-order chi connectivity index (χ0) is 17.0. The molecule has 0 bridgehead atoms. The minimum atomic E-state index is -0.292. The summed E-state index contributed by atoms with van der Waals surface area (Å²) in [6, 6.07) is 3.68. The number of likely N-dealkylation sites (N-methyl/N-ethyl adjacent to an activating group) is 1. The van der Waals surface area contributed by atoms with Crippen molar-refractivity contribution >= 4 is 51.6 Å². The number of carbonyl (C=O) groups excluding carboxylic acids is 2. The SMILES string of the molecule is C=CCOc1c(I)cc(C=C2SC(=O)N(C)C2=O)cc1OCC. The Morgan fingerprint density at radius 3 is 2.65 bits per heavy atom. The van der Waals surface area contributed by atoms with Crippen LogP contribution in [-0.2, 0) is 4.79 Å². The van der Waals surface area contributed by atoms with Crippen LogP contribution in [0.25, 0.3) is 6.08 Å². The molecule has 1 aliphatic heterocycles. The number of ether oxygens (including phenoxy) is 2. The largest absolute Gasteiger partial charge is 0.490 e. The molecule has 2 amide bonds. The number of benzene rings is 1. The van der Waals surface area contributed by atoms with Gasteiger partial charge >= 0.3 is 0 Å². The molecule has 1 fully saturated rings. The van der Waals surface area contributed by atoms with E-state index in [2.05, 4.69) is 29.2 Å². The first-order valence-corrected chi connectivity index (χ1v) is 8.79. The summed E-state index contributed by atoms with van der Waals surface area (Å²) in [6.45, 7) is 6.40. The number of nitrogens with zero attached hydrogens (tertiary/aromatic N) is 1.